The molecule has 8 nitrogen and oxygen atoms in total. The molecule has 0 unspecified atom stereocenters. The number of rotatable bonds is 4. The molecule has 0 fully saturated rings. The third kappa shape index (κ3) is 2.23. The Morgan fingerprint density at radius 1 is 1.42 bits per heavy atom. The van der Waals surface area contributed by atoms with Crippen molar-refractivity contribution >= 4 is 5.97 Å². The molecule has 0 aliphatic rings. The highest BCUT2D eigenvalue weighted by atomic mass is 16.4. The highest BCUT2D eigenvalue weighted by molar-refractivity contribution is 5.87. The Labute approximate surface area is 106 Å². The van der Waals surface area contributed by atoms with Crippen molar-refractivity contribution < 1.29 is 18.7 Å². The van der Waals surface area contributed by atoms with Crippen LogP contribution in [0.2, 0.25) is 0 Å². The van der Waals surface area contributed by atoms with Gasteiger partial charge in [-0.2, -0.15) is 4.80 Å². The zero-order valence-electron chi connectivity index (χ0n) is 9.55. The van der Waals surface area contributed by atoms with E-state index in [2.05, 4.69) is 15.4 Å². The van der Waals surface area contributed by atoms with E-state index in [1.807, 2.05) is 0 Å². The van der Waals surface area contributed by atoms with Gasteiger partial charge in [0.2, 0.25) is 5.82 Å². The summed E-state index contributed by atoms with van der Waals surface area (Å²) in [5.41, 5.74) is 0.0846. The highest BCUT2D eigenvalue weighted by Crippen LogP contribution is 2.14. The molecule has 0 radical (unpaired) electrons. The number of aromatic nitrogens is 4. The third-order valence-electron chi connectivity index (χ3n) is 2.39. The van der Waals surface area contributed by atoms with Crippen molar-refractivity contribution in [2.75, 3.05) is 0 Å². The molecule has 3 rings (SSSR count). The smallest absolute Gasteiger partial charge is 0.338 e. The van der Waals surface area contributed by atoms with Crippen LogP contribution in [0.1, 0.15) is 16.1 Å². The number of tetrazole rings is 1. The van der Waals surface area contributed by atoms with Gasteiger partial charge in [0, 0.05) is 0 Å². The summed E-state index contributed by atoms with van der Waals surface area (Å²) in [6.45, 7) is 0.195. The van der Waals surface area contributed by atoms with Crippen LogP contribution in [0.4, 0.5) is 0 Å². The summed E-state index contributed by atoms with van der Waals surface area (Å²) in [5.74, 6) is 0.255. The maximum Gasteiger partial charge on any atom is 0.338 e. The van der Waals surface area contributed by atoms with E-state index < -0.39 is 5.97 Å². The van der Waals surface area contributed by atoms with E-state index in [1.165, 1.54) is 23.4 Å². The van der Waals surface area contributed by atoms with Crippen LogP contribution in [0, 0.1) is 0 Å². The minimum Gasteiger partial charge on any atom is -0.478 e. The molecular formula is C11H8N4O4. The van der Waals surface area contributed by atoms with Crippen LogP contribution in [-0.2, 0) is 6.54 Å². The lowest BCUT2D eigenvalue weighted by atomic mass is 10.3. The van der Waals surface area contributed by atoms with Gasteiger partial charge in [-0.25, -0.2) is 4.79 Å². The van der Waals surface area contributed by atoms with Gasteiger partial charge >= 0.3 is 5.97 Å². The van der Waals surface area contributed by atoms with Gasteiger partial charge in [-0.15, -0.1) is 10.2 Å². The second-order valence-electron chi connectivity index (χ2n) is 3.73. The normalized spacial score (nSPS) is 10.7. The molecule has 0 aliphatic heterocycles. The molecule has 3 aromatic rings. The SMILES string of the molecule is O=C(O)c1coc(Cn2nnc(-c3ccco3)n2)c1. The number of carboxylic acids is 1. The first kappa shape index (κ1) is 11.2. The summed E-state index contributed by atoms with van der Waals surface area (Å²) in [6.07, 6.45) is 2.68. The lowest BCUT2D eigenvalue weighted by Gasteiger charge is -1.92. The van der Waals surface area contributed by atoms with Crippen LogP contribution in [0.15, 0.2) is 39.6 Å². The fraction of sp³-hybridized carbons (Fsp3) is 0.0909. The Bertz CT molecular complexity index is 698. The van der Waals surface area contributed by atoms with Gasteiger partial charge in [0.25, 0.3) is 0 Å². The molecule has 0 aliphatic carbocycles. The summed E-state index contributed by atoms with van der Waals surface area (Å²) in [4.78, 5) is 12.0. The van der Waals surface area contributed by atoms with E-state index >= 15 is 0 Å². The Morgan fingerprint density at radius 3 is 3.00 bits per heavy atom. The molecule has 8 heteroatoms. The summed E-state index contributed by atoms with van der Waals surface area (Å²) >= 11 is 0. The standard InChI is InChI=1S/C11H8N4O4/c16-11(17)7-4-8(19-6-7)5-15-13-10(12-14-15)9-2-1-3-18-9/h1-4,6H,5H2,(H,16,17). The van der Waals surface area contributed by atoms with Gasteiger partial charge in [-0.3, -0.25) is 0 Å². The molecule has 0 aromatic carbocycles. The molecule has 0 saturated carbocycles. The number of hydrogen-bond donors (Lipinski definition) is 1. The largest absolute Gasteiger partial charge is 0.478 e. The van der Waals surface area contributed by atoms with Crippen LogP contribution < -0.4 is 0 Å². The minimum absolute atomic E-state index is 0.0846. The Kier molecular flexibility index (Phi) is 2.60. The lowest BCUT2D eigenvalue weighted by Crippen LogP contribution is -2.03. The maximum atomic E-state index is 10.7. The van der Waals surface area contributed by atoms with E-state index in [0.717, 1.165) is 0 Å². The van der Waals surface area contributed by atoms with E-state index in [4.69, 9.17) is 13.9 Å². The van der Waals surface area contributed by atoms with Gasteiger partial charge in [-0.1, -0.05) is 0 Å². The van der Waals surface area contributed by atoms with E-state index in [9.17, 15) is 4.79 Å². The number of furan rings is 2. The minimum atomic E-state index is -1.04. The number of carboxylic acid groups (broad SMARTS) is 1. The topological polar surface area (TPSA) is 107 Å². The van der Waals surface area contributed by atoms with Crippen molar-refractivity contribution in [1.82, 2.24) is 20.2 Å². The predicted molar refractivity (Wildman–Crippen MR) is 60.3 cm³/mol. The van der Waals surface area contributed by atoms with Crippen LogP contribution >= 0.6 is 0 Å². The van der Waals surface area contributed by atoms with Crippen molar-refractivity contribution in [3.63, 3.8) is 0 Å². The Balaban J connectivity index is 1.78. The molecule has 0 bridgehead atoms. The second-order valence-corrected chi connectivity index (χ2v) is 3.73. The molecule has 0 spiro atoms. The number of aromatic carboxylic acids is 1. The zero-order chi connectivity index (χ0) is 13.2. The monoisotopic (exact) mass is 260 g/mol. The first-order chi connectivity index (χ1) is 9.22. The van der Waals surface area contributed by atoms with Crippen LogP contribution in [-0.4, -0.2) is 31.3 Å². The quantitative estimate of drug-likeness (QED) is 0.752. The van der Waals surface area contributed by atoms with E-state index in [-0.39, 0.29) is 12.1 Å². The maximum absolute atomic E-state index is 10.7. The third-order valence-corrected chi connectivity index (χ3v) is 2.39. The van der Waals surface area contributed by atoms with Crippen LogP contribution in [0.5, 0.6) is 0 Å². The van der Waals surface area contributed by atoms with E-state index in [1.54, 1.807) is 12.1 Å². The molecule has 3 heterocycles. The fourth-order valence-electron chi connectivity index (χ4n) is 1.53. The van der Waals surface area contributed by atoms with Crippen molar-refractivity contribution in [1.29, 1.82) is 0 Å². The van der Waals surface area contributed by atoms with Gasteiger partial charge in [-0.05, 0) is 23.4 Å². The molecule has 0 saturated heterocycles. The molecule has 3 aromatic heterocycles. The summed E-state index contributed by atoms with van der Waals surface area (Å²) in [5, 5.41) is 20.5. The molecule has 0 atom stereocenters. The highest BCUT2D eigenvalue weighted by Gasteiger charge is 2.12. The number of carbonyl (C=O) groups is 1. The van der Waals surface area contributed by atoms with Crippen molar-refractivity contribution in [3.8, 4) is 11.6 Å². The zero-order valence-corrected chi connectivity index (χ0v) is 9.55. The van der Waals surface area contributed by atoms with Crippen molar-refractivity contribution in [2.24, 2.45) is 0 Å². The number of hydrogen-bond acceptors (Lipinski definition) is 6. The van der Waals surface area contributed by atoms with Gasteiger partial charge < -0.3 is 13.9 Å². The molecule has 1 N–H and O–H groups in total. The predicted octanol–water partition coefficient (Wildman–Crippen LogP) is 1.27. The molecule has 96 valence electrons. The van der Waals surface area contributed by atoms with Crippen molar-refractivity contribution in [2.45, 2.75) is 6.54 Å². The fourth-order valence-corrected chi connectivity index (χ4v) is 1.53. The van der Waals surface area contributed by atoms with Gasteiger partial charge in [0.1, 0.15) is 18.6 Å². The number of nitrogens with zero attached hydrogens (tertiary/aromatic N) is 4. The van der Waals surface area contributed by atoms with Gasteiger partial charge in [0.15, 0.2) is 5.76 Å². The Hall–Kier alpha value is -2.90. The summed E-state index contributed by atoms with van der Waals surface area (Å²) in [6, 6.07) is 4.86. The average Bonchev–Trinajstić information content (AvgIpc) is 3.09. The first-order valence-corrected chi connectivity index (χ1v) is 5.35. The summed E-state index contributed by atoms with van der Waals surface area (Å²) in [7, 11) is 0. The van der Waals surface area contributed by atoms with Crippen LogP contribution in [0.3, 0.4) is 0 Å². The average molecular weight is 260 g/mol. The molecular weight excluding hydrogens is 252 g/mol. The molecule has 19 heavy (non-hydrogen) atoms. The molecule has 0 amide bonds. The van der Waals surface area contributed by atoms with E-state index in [0.29, 0.717) is 17.3 Å². The first-order valence-electron chi connectivity index (χ1n) is 5.35. The summed E-state index contributed by atoms with van der Waals surface area (Å²) < 4.78 is 10.2. The second kappa shape index (κ2) is 4.41. The lowest BCUT2D eigenvalue weighted by molar-refractivity contribution is 0.0696. The van der Waals surface area contributed by atoms with Crippen molar-refractivity contribution in [3.05, 3.63) is 42.0 Å². The van der Waals surface area contributed by atoms with Crippen LogP contribution in [0.25, 0.3) is 11.6 Å². The van der Waals surface area contributed by atoms with Gasteiger partial charge in [0.05, 0.1) is 11.8 Å². The Morgan fingerprint density at radius 2 is 2.32 bits per heavy atom.